The lowest BCUT2D eigenvalue weighted by Crippen LogP contribution is -2.15. The largest absolute Gasteiger partial charge is 0.449 e. The number of aryl methyl sites for hydroxylation is 1. The van der Waals surface area contributed by atoms with E-state index in [0.29, 0.717) is 6.42 Å². The summed E-state index contributed by atoms with van der Waals surface area (Å²) in [6.07, 6.45) is -0.218. The molecule has 1 heterocycles. The number of ether oxygens (including phenoxy) is 1. The van der Waals surface area contributed by atoms with Crippen LogP contribution in [0.15, 0.2) is 18.2 Å². The highest BCUT2D eigenvalue weighted by atomic mass is 16.5. The Bertz CT molecular complexity index is 519. The van der Waals surface area contributed by atoms with E-state index in [9.17, 15) is 4.79 Å². The highest BCUT2D eigenvalue weighted by Gasteiger charge is 2.05. The van der Waals surface area contributed by atoms with Gasteiger partial charge in [0.05, 0.1) is 11.0 Å². The maximum atomic E-state index is 10.4. The number of fused-ring (bicyclic) bond motifs is 1. The van der Waals surface area contributed by atoms with Gasteiger partial charge >= 0.3 is 6.09 Å². The number of nitrogens with two attached hydrogens (primary N) is 1. The Morgan fingerprint density at radius 1 is 1.56 bits per heavy atom. The fraction of sp³-hybridized carbons (Fsp3) is 0.273. The van der Waals surface area contributed by atoms with Crippen molar-refractivity contribution in [1.82, 2.24) is 9.97 Å². The number of carbonyl (C=O) groups excluding carboxylic acids is 1. The quantitative estimate of drug-likeness (QED) is 0.820. The van der Waals surface area contributed by atoms with Gasteiger partial charge in [0, 0.05) is 6.42 Å². The third-order valence-corrected chi connectivity index (χ3v) is 2.35. The molecule has 16 heavy (non-hydrogen) atoms. The van der Waals surface area contributed by atoms with E-state index in [-0.39, 0.29) is 6.61 Å². The number of imidazole rings is 1. The third-order valence-electron chi connectivity index (χ3n) is 2.35. The molecular weight excluding hydrogens is 206 g/mol. The van der Waals surface area contributed by atoms with E-state index in [1.807, 2.05) is 25.1 Å². The molecule has 2 aromatic rings. The van der Waals surface area contributed by atoms with Gasteiger partial charge in [-0.3, -0.25) is 0 Å². The van der Waals surface area contributed by atoms with Gasteiger partial charge in [-0.05, 0) is 18.6 Å². The lowest BCUT2D eigenvalue weighted by molar-refractivity contribution is 0.157. The molecule has 0 fully saturated rings. The topological polar surface area (TPSA) is 81.0 Å². The first kappa shape index (κ1) is 10.5. The monoisotopic (exact) mass is 219 g/mol. The summed E-state index contributed by atoms with van der Waals surface area (Å²) in [5.41, 5.74) is 7.93. The number of para-hydroxylation sites is 1. The first-order chi connectivity index (χ1) is 7.66. The van der Waals surface area contributed by atoms with Crippen LogP contribution in [-0.4, -0.2) is 22.7 Å². The van der Waals surface area contributed by atoms with Crippen LogP contribution in [0, 0.1) is 6.92 Å². The molecule has 3 N–H and O–H groups in total. The first-order valence-corrected chi connectivity index (χ1v) is 5.03. The molecule has 0 atom stereocenters. The first-order valence-electron chi connectivity index (χ1n) is 5.03. The van der Waals surface area contributed by atoms with Crippen molar-refractivity contribution >= 4 is 17.1 Å². The van der Waals surface area contributed by atoms with Gasteiger partial charge in [-0.2, -0.15) is 0 Å². The van der Waals surface area contributed by atoms with Crippen molar-refractivity contribution in [3.05, 3.63) is 29.6 Å². The zero-order valence-electron chi connectivity index (χ0n) is 8.99. The number of nitrogens with zero attached hydrogens (tertiary/aromatic N) is 1. The van der Waals surface area contributed by atoms with Crippen LogP contribution in [0.1, 0.15) is 11.4 Å². The van der Waals surface area contributed by atoms with Crippen molar-refractivity contribution in [2.45, 2.75) is 13.3 Å². The fourth-order valence-electron chi connectivity index (χ4n) is 1.59. The number of H-pyrrole nitrogens is 1. The second kappa shape index (κ2) is 4.22. The third kappa shape index (κ3) is 2.13. The minimum absolute atomic E-state index is 0.244. The van der Waals surface area contributed by atoms with E-state index >= 15 is 0 Å². The summed E-state index contributed by atoms with van der Waals surface area (Å²) in [5, 5.41) is 0. The van der Waals surface area contributed by atoms with E-state index in [4.69, 9.17) is 5.73 Å². The number of carbonyl (C=O) groups is 1. The Balaban J connectivity index is 2.14. The average Bonchev–Trinajstić information content (AvgIpc) is 2.61. The van der Waals surface area contributed by atoms with Crippen LogP contribution in [0.5, 0.6) is 0 Å². The minimum Gasteiger partial charge on any atom is -0.449 e. The number of aromatic nitrogens is 2. The van der Waals surface area contributed by atoms with E-state index < -0.39 is 6.09 Å². The Kier molecular flexibility index (Phi) is 2.76. The molecule has 5 heteroatoms. The molecule has 0 spiro atoms. The summed E-state index contributed by atoms with van der Waals surface area (Å²) in [7, 11) is 0. The molecule has 0 unspecified atom stereocenters. The van der Waals surface area contributed by atoms with Gasteiger partial charge in [0.25, 0.3) is 0 Å². The Hall–Kier alpha value is -2.04. The smallest absolute Gasteiger partial charge is 0.404 e. The summed E-state index contributed by atoms with van der Waals surface area (Å²) in [6.45, 7) is 2.25. The molecule has 84 valence electrons. The zero-order valence-corrected chi connectivity index (χ0v) is 8.99. The minimum atomic E-state index is -0.757. The fourth-order valence-corrected chi connectivity index (χ4v) is 1.59. The number of amides is 1. The summed E-state index contributed by atoms with van der Waals surface area (Å²) in [5.74, 6) is 0.797. The lowest BCUT2D eigenvalue weighted by Gasteiger charge is -1.97. The second-order valence-corrected chi connectivity index (χ2v) is 3.57. The Morgan fingerprint density at radius 3 is 3.06 bits per heavy atom. The number of benzene rings is 1. The summed E-state index contributed by atoms with van der Waals surface area (Å²) < 4.78 is 4.65. The molecule has 0 bridgehead atoms. The molecule has 0 aliphatic heterocycles. The predicted octanol–water partition coefficient (Wildman–Crippen LogP) is 1.51. The molecule has 1 aromatic carbocycles. The van der Waals surface area contributed by atoms with Gasteiger partial charge in [-0.25, -0.2) is 9.78 Å². The van der Waals surface area contributed by atoms with E-state index in [1.54, 1.807) is 0 Å². The van der Waals surface area contributed by atoms with Crippen molar-refractivity contribution in [3.63, 3.8) is 0 Å². The molecular formula is C11H13N3O2. The van der Waals surface area contributed by atoms with Gasteiger partial charge in [0.15, 0.2) is 0 Å². The lowest BCUT2D eigenvalue weighted by atomic mass is 10.2. The zero-order chi connectivity index (χ0) is 11.5. The number of aromatic amines is 1. The SMILES string of the molecule is Cc1cccc2[nH]c(CCOC(N)=O)nc12. The average molecular weight is 219 g/mol. The maximum Gasteiger partial charge on any atom is 0.404 e. The van der Waals surface area contributed by atoms with Gasteiger partial charge in [0.1, 0.15) is 12.4 Å². The molecule has 0 aliphatic rings. The molecule has 1 aromatic heterocycles. The van der Waals surface area contributed by atoms with Crippen LogP contribution >= 0.6 is 0 Å². The normalized spacial score (nSPS) is 10.6. The van der Waals surface area contributed by atoms with Crippen molar-refractivity contribution in [3.8, 4) is 0 Å². The Labute approximate surface area is 92.6 Å². The highest BCUT2D eigenvalue weighted by molar-refractivity contribution is 5.78. The highest BCUT2D eigenvalue weighted by Crippen LogP contribution is 2.15. The molecule has 2 rings (SSSR count). The molecule has 0 saturated heterocycles. The van der Waals surface area contributed by atoms with Crippen LogP contribution in [0.25, 0.3) is 11.0 Å². The van der Waals surface area contributed by atoms with Crippen LogP contribution in [0.2, 0.25) is 0 Å². The summed E-state index contributed by atoms with van der Waals surface area (Å²) >= 11 is 0. The van der Waals surface area contributed by atoms with Gasteiger partial charge in [-0.15, -0.1) is 0 Å². The van der Waals surface area contributed by atoms with Gasteiger partial charge in [-0.1, -0.05) is 12.1 Å². The number of hydrogen-bond donors (Lipinski definition) is 2. The number of nitrogens with one attached hydrogen (secondary N) is 1. The second-order valence-electron chi connectivity index (χ2n) is 3.57. The van der Waals surface area contributed by atoms with Crippen molar-refractivity contribution in [2.24, 2.45) is 5.73 Å². The van der Waals surface area contributed by atoms with Crippen molar-refractivity contribution < 1.29 is 9.53 Å². The van der Waals surface area contributed by atoms with E-state index in [0.717, 1.165) is 22.4 Å². The standard InChI is InChI=1S/C11H13N3O2/c1-7-3-2-4-8-10(7)14-9(13-8)5-6-16-11(12)15/h2-4H,5-6H2,1H3,(H2,12,15)(H,13,14). The summed E-state index contributed by atoms with van der Waals surface area (Å²) in [6, 6.07) is 5.94. The van der Waals surface area contributed by atoms with Crippen LogP contribution < -0.4 is 5.73 Å². The predicted molar refractivity (Wildman–Crippen MR) is 60.1 cm³/mol. The number of rotatable bonds is 3. The number of hydrogen-bond acceptors (Lipinski definition) is 3. The molecule has 0 saturated carbocycles. The van der Waals surface area contributed by atoms with E-state index in [1.165, 1.54) is 0 Å². The van der Waals surface area contributed by atoms with Gasteiger partial charge < -0.3 is 15.5 Å². The summed E-state index contributed by atoms with van der Waals surface area (Å²) in [4.78, 5) is 18.0. The van der Waals surface area contributed by atoms with Crippen LogP contribution in [-0.2, 0) is 11.2 Å². The van der Waals surface area contributed by atoms with E-state index in [2.05, 4.69) is 14.7 Å². The van der Waals surface area contributed by atoms with Crippen molar-refractivity contribution in [1.29, 1.82) is 0 Å². The molecule has 1 amide bonds. The maximum absolute atomic E-state index is 10.4. The Morgan fingerprint density at radius 2 is 2.38 bits per heavy atom. The van der Waals surface area contributed by atoms with Gasteiger partial charge in [0.2, 0.25) is 0 Å². The molecule has 0 aliphatic carbocycles. The van der Waals surface area contributed by atoms with Crippen LogP contribution in [0.3, 0.4) is 0 Å². The number of primary amides is 1. The molecule has 5 nitrogen and oxygen atoms in total. The molecule has 0 radical (unpaired) electrons. The van der Waals surface area contributed by atoms with Crippen molar-refractivity contribution in [2.75, 3.05) is 6.61 Å². The van der Waals surface area contributed by atoms with Crippen LogP contribution in [0.4, 0.5) is 4.79 Å².